The number of carbonyl (C=O) groups excluding carboxylic acids is 1. The molecule has 5 heteroatoms. The molecule has 86 valence electrons. The normalized spacial score (nSPS) is 21.1. The molecular formula is C10H18N2O3. The van der Waals surface area contributed by atoms with Gasteiger partial charge in [-0.1, -0.05) is 13.3 Å². The van der Waals surface area contributed by atoms with E-state index in [9.17, 15) is 9.59 Å². The van der Waals surface area contributed by atoms with Crippen LogP contribution >= 0.6 is 0 Å². The van der Waals surface area contributed by atoms with Gasteiger partial charge in [0.25, 0.3) is 0 Å². The van der Waals surface area contributed by atoms with Crippen LogP contribution in [0.1, 0.15) is 26.2 Å². The number of rotatable bonds is 3. The maximum atomic E-state index is 11.5. The number of hydrogen-bond acceptors (Lipinski definition) is 2. The highest BCUT2D eigenvalue weighted by Crippen LogP contribution is 2.18. The summed E-state index contributed by atoms with van der Waals surface area (Å²) in [6.45, 7) is 3.30. The topological polar surface area (TPSA) is 69.6 Å². The van der Waals surface area contributed by atoms with Gasteiger partial charge in [-0.25, -0.2) is 4.79 Å². The van der Waals surface area contributed by atoms with Crippen molar-refractivity contribution in [3.8, 4) is 0 Å². The molecule has 1 atom stereocenters. The third-order valence-corrected chi connectivity index (χ3v) is 2.77. The van der Waals surface area contributed by atoms with E-state index in [4.69, 9.17) is 5.11 Å². The van der Waals surface area contributed by atoms with Crippen LogP contribution in [0.5, 0.6) is 0 Å². The van der Waals surface area contributed by atoms with Crippen LogP contribution in [-0.2, 0) is 4.79 Å². The SMILES string of the molecule is CCC1CCCN(C(=O)NCC(=O)O)C1. The average Bonchev–Trinajstić information content (AvgIpc) is 2.26. The monoisotopic (exact) mass is 214 g/mol. The molecule has 0 bridgehead atoms. The van der Waals surface area contributed by atoms with E-state index in [1.807, 2.05) is 0 Å². The predicted octanol–water partition coefficient (Wildman–Crippen LogP) is 0.903. The van der Waals surface area contributed by atoms with Crippen LogP contribution in [0.25, 0.3) is 0 Å². The van der Waals surface area contributed by atoms with Crippen molar-refractivity contribution in [1.82, 2.24) is 10.2 Å². The molecular weight excluding hydrogens is 196 g/mol. The van der Waals surface area contributed by atoms with Gasteiger partial charge >= 0.3 is 12.0 Å². The van der Waals surface area contributed by atoms with Crippen LogP contribution in [0.2, 0.25) is 0 Å². The number of amides is 2. The highest BCUT2D eigenvalue weighted by molar-refractivity contribution is 5.79. The Morgan fingerprint density at radius 1 is 1.53 bits per heavy atom. The molecule has 5 nitrogen and oxygen atoms in total. The number of aliphatic carboxylic acids is 1. The summed E-state index contributed by atoms with van der Waals surface area (Å²) >= 11 is 0. The van der Waals surface area contributed by atoms with E-state index < -0.39 is 5.97 Å². The Morgan fingerprint density at radius 2 is 2.27 bits per heavy atom. The summed E-state index contributed by atoms with van der Waals surface area (Å²) in [7, 11) is 0. The molecule has 0 aromatic carbocycles. The number of nitrogens with one attached hydrogen (secondary N) is 1. The molecule has 2 N–H and O–H groups in total. The van der Waals surface area contributed by atoms with Crippen LogP contribution in [0.3, 0.4) is 0 Å². The van der Waals surface area contributed by atoms with Crippen molar-refractivity contribution in [1.29, 1.82) is 0 Å². The molecule has 1 aliphatic heterocycles. The van der Waals surface area contributed by atoms with Crippen LogP contribution in [0.15, 0.2) is 0 Å². The lowest BCUT2D eigenvalue weighted by atomic mass is 9.96. The maximum absolute atomic E-state index is 11.5. The maximum Gasteiger partial charge on any atom is 0.323 e. The minimum absolute atomic E-state index is 0.254. The van der Waals surface area contributed by atoms with Crippen molar-refractivity contribution in [2.24, 2.45) is 5.92 Å². The van der Waals surface area contributed by atoms with Gasteiger partial charge in [-0.05, 0) is 18.8 Å². The second-order valence-corrected chi connectivity index (χ2v) is 3.91. The number of likely N-dealkylation sites (tertiary alicyclic amines) is 1. The first-order valence-electron chi connectivity index (χ1n) is 5.38. The van der Waals surface area contributed by atoms with Crippen LogP contribution < -0.4 is 5.32 Å². The summed E-state index contributed by atoms with van der Waals surface area (Å²) in [4.78, 5) is 23.5. The summed E-state index contributed by atoms with van der Waals surface area (Å²) in [6.07, 6.45) is 3.25. The molecule has 1 aliphatic rings. The molecule has 1 fully saturated rings. The molecule has 15 heavy (non-hydrogen) atoms. The molecule has 2 amide bonds. The number of carboxylic acid groups (broad SMARTS) is 1. The number of nitrogens with zero attached hydrogens (tertiary/aromatic N) is 1. The Labute approximate surface area is 89.4 Å². The number of carboxylic acids is 1. The largest absolute Gasteiger partial charge is 0.480 e. The van der Waals surface area contributed by atoms with Gasteiger partial charge in [0, 0.05) is 13.1 Å². The van der Waals surface area contributed by atoms with Crippen LogP contribution in [0.4, 0.5) is 4.79 Å². The Balaban J connectivity index is 2.35. The first-order chi connectivity index (χ1) is 7.13. The van der Waals surface area contributed by atoms with Crippen LogP contribution in [-0.4, -0.2) is 41.6 Å². The van der Waals surface area contributed by atoms with Crippen molar-refractivity contribution < 1.29 is 14.7 Å². The summed E-state index contributed by atoms with van der Waals surface area (Å²) in [5, 5.41) is 10.8. The molecule has 1 rings (SSSR count). The second kappa shape index (κ2) is 5.58. The zero-order valence-electron chi connectivity index (χ0n) is 9.03. The average molecular weight is 214 g/mol. The number of piperidine rings is 1. The minimum Gasteiger partial charge on any atom is -0.480 e. The van der Waals surface area contributed by atoms with Gasteiger partial charge in [-0.3, -0.25) is 4.79 Å². The Kier molecular flexibility index (Phi) is 4.39. The van der Waals surface area contributed by atoms with Gasteiger partial charge in [0.1, 0.15) is 6.54 Å². The minimum atomic E-state index is -1.01. The molecule has 0 spiro atoms. The van der Waals surface area contributed by atoms with E-state index in [1.54, 1.807) is 4.90 Å². The van der Waals surface area contributed by atoms with Crippen LogP contribution in [0, 0.1) is 5.92 Å². The van der Waals surface area contributed by atoms with Gasteiger partial charge in [0.15, 0.2) is 0 Å². The fourth-order valence-corrected chi connectivity index (χ4v) is 1.85. The number of carbonyl (C=O) groups is 2. The Bertz CT molecular complexity index is 243. The fraction of sp³-hybridized carbons (Fsp3) is 0.800. The molecule has 0 saturated carbocycles. The van der Waals surface area contributed by atoms with E-state index in [0.29, 0.717) is 5.92 Å². The molecule has 1 unspecified atom stereocenters. The third-order valence-electron chi connectivity index (χ3n) is 2.77. The highest BCUT2D eigenvalue weighted by Gasteiger charge is 2.22. The standard InChI is InChI=1S/C10H18N2O3/c1-2-8-4-3-5-12(7-8)10(15)11-6-9(13)14/h8H,2-7H2,1H3,(H,11,15)(H,13,14). The van der Waals surface area contributed by atoms with Crippen molar-refractivity contribution in [2.45, 2.75) is 26.2 Å². The van der Waals surface area contributed by atoms with Crippen molar-refractivity contribution in [3.63, 3.8) is 0 Å². The molecule has 0 aromatic heterocycles. The third kappa shape index (κ3) is 3.77. The lowest BCUT2D eigenvalue weighted by molar-refractivity contribution is -0.135. The number of hydrogen-bond donors (Lipinski definition) is 2. The lowest BCUT2D eigenvalue weighted by Crippen LogP contribution is -2.46. The van der Waals surface area contributed by atoms with Gasteiger partial charge in [-0.15, -0.1) is 0 Å². The fourth-order valence-electron chi connectivity index (χ4n) is 1.85. The predicted molar refractivity (Wildman–Crippen MR) is 55.6 cm³/mol. The molecule has 0 radical (unpaired) electrons. The quantitative estimate of drug-likeness (QED) is 0.733. The summed E-state index contributed by atoms with van der Waals surface area (Å²) < 4.78 is 0. The first kappa shape index (κ1) is 11.8. The lowest BCUT2D eigenvalue weighted by Gasteiger charge is -2.32. The highest BCUT2D eigenvalue weighted by atomic mass is 16.4. The summed E-state index contributed by atoms with van der Waals surface area (Å²) in [5.74, 6) is -0.443. The first-order valence-corrected chi connectivity index (χ1v) is 5.38. The van der Waals surface area contributed by atoms with E-state index >= 15 is 0 Å². The Morgan fingerprint density at radius 3 is 2.87 bits per heavy atom. The second-order valence-electron chi connectivity index (χ2n) is 3.91. The van der Waals surface area contributed by atoms with Gasteiger partial charge < -0.3 is 15.3 Å². The van der Waals surface area contributed by atoms with E-state index in [1.165, 1.54) is 6.42 Å². The zero-order valence-corrected chi connectivity index (χ0v) is 9.03. The molecule has 0 aromatic rings. The summed E-state index contributed by atoms with van der Waals surface area (Å²) in [5.41, 5.74) is 0. The zero-order chi connectivity index (χ0) is 11.3. The number of urea groups is 1. The van der Waals surface area contributed by atoms with E-state index in [2.05, 4.69) is 12.2 Å². The summed E-state index contributed by atoms with van der Waals surface area (Å²) in [6, 6.07) is -0.254. The smallest absolute Gasteiger partial charge is 0.323 e. The van der Waals surface area contributed by atoms with Crippen molar-refractivity contribution in [2.75, 3.05) is 19.6 Å². The van der Waals surface area contributed by atoms with E-state index in [0.717, 1.165) is 25.9 Å². The molecule has 0 aliphatic carbocycles. The van der Waals surface area contributed by atoms with E-state index in [-0.39, 0.29) is 12.6 Å². The van der Waals surface area contributed by atoms with Crippen molar-refractivity contribution in [3.05, 3.63) is 0 Å². The van der Waals surface area contributed by atoms with Gasteiger partial charge in [0.2, 0.25) is 0 Å². The molecule has 1 heterocycles. The Hall–Kier alpha value is -1.26. The van der Waals surface area contributed by atoms with Gasteiger partial charge in [-0.2, -0.15) is 0 Å². The van der Waals surface area contributed by atoms with Crippen molar-refractivity contribution >= 4 is 12.0 Å². The molecule has 1 saturated heterocycles. The van der Waals surface area contributed by atoms with Gasteiger partial charge in [0.05, 0.1) is 0 Å².